The van der Waals surface area contributed by atoms with Gasteiger partial charge in [-0.15, -0.1) is 0 Å². The van der Waals surface area contributed by atoms with Crippen molar-refractivity contribution < 1.29 is 0 Å². The normalized spacial score (nSPS) is 35.3. The number of rotatable bonds is 5. The molecule has 0 aromatic rings. The number of nitrogens with one attached hydrogen (secondary N) is 1. The van der Waals surface area contributed by atoms with Gasteiger partial charge in [0.15, 0.2) is 0 Å². The van der Waals surface area contributed by atoms with E-state index in [1.165, 1.54) is 58.0 Å². The Morgan fingerprint density at radius 1 is 1.06 bits per heavy atom. The fraction of sp³-hybridized carbons (Fsp3) is 1.00. The maximum atomic E-state index is 3.71. The molecule has 100 valence electrons. The average Bonchev–Trinajstić information content (AvgIpc) is 2.79. The molecule has 3 atom stereocenters. The van der Waals surface area contributed by atoms with E-state index in [0.29, 0.717) is 0 Å². The number of hydrogen-bond acceptors (Lipinski definition) is 2. The van der Waals surface area contributed by atoms with Gasteiger partial charge < -0.3 is 10.2 Å². The van der Waals surface area contributed by atoms with Crippen LogP contribution in [0.1, 0.15) is 58.8 Å². The number of hydrogen-bond donors (Lipinski definition) is 1. The minimum Gasteiger partial charge on any atom is -0.314 e. The first-order valence-electron chi connectivity index (χ1n) is 7.82. The molecule has 1 saturated carbocycles. The van der Waals surface area contributed by atoms with Crippen molar-refractivity contribution in [1.29, 1.82) is 0 Å². The van der Waals surface area contributed by atoms with Crippen molar-refractivity contribution in [2.24, 2.45) is 5.92 Å². The van der Waals surface area contributed by atoms with Crippen LogP contribution in [-0.2, 0) is 0 Å². The minimum absolute atomic E-state index is 0.798. The molecular formula is C15H30N2. The Morgan fingerprint density at radius 3 is 2.65 bits per heavy atom. The van der Waals surface area contributed by atoms with E-state index in [1.807, 2.05) is 0 Å². The van der Waals surface area contributed by atoms with E-state index in [9.17, 15) is 0 Å². The third kappa shape index (κ3) is 3.45. The molecule has 0 aromatic heterocycles. The zero-order chi connectivity index (χ0) is 12.1. The molecule has 2 rings (SSSR count). The first-order chi connectivity index (χ1) is 8.35. The van der Waals surface area contributed by atoms with Crippen LogP contribution in [0.3, 0.4) is 0 Å². The lowest BCUT2D eigenvalue weighted by Gasteiger charge is -2.36. The Morgan fingerprint density at radius 2 is 1.88 bits per heavy atom. The second-order valence-electron chi connectivity index (χ2n) is 5.91. The predicted molar refractivity (Wildman–Crippen MR) is 74.3 cm³/mol. The van der Waals surface area contributed by atoms with Gasteiger partial charge in [-0.05, 0) is 51.1 Å². The summed E-state index contributed by atoms with van der Waals surface area (Å²) in [5, 5.41) is 3.71. The molecule has 2 aliphatic rings. The molecule has 1 aliphatic carbocycles. The summed E-state index contributed by atoms with van der Waals surface area (Å²) in [6, 6.07) is 1.69. The first kappa shape index (κ1) is 13.4. The van der Waals surface area contributed by atoms with Gasteiger partial charge in [-0.2, -0.15) is 0 Å². The van der Waals surface area contributed by atoms with Gasteiger partial charge in [-0.25, -0.2) is 0 Å². The smallest absolute Gasteiger partial charge is 0.0107 e. The standard InChI is InChI=1S/C15H30N2/c1-3-14-9-7-11-17(14)12-13-8-5-6-10-15(13)16-4-2/h13-16H,3-12H2,1-2H3. The summed E-state index contributed by atoms with van der Waals surface area (Å²) in [6.07, 6.45) is 9.96. The van der Waals surface area contributed by atoms with E-state index in [0.717, 1.165) is 24.5 Å². The lowest BCUT2D eigenvalue weighted by Crippen LogP contribution is -2.45. The van der Waals surface area contributed by atoms with Gasteiger partial charge in [-0.3, -0.25) is 0 Å². The highest BCUT2D eigenvalue weighted by Gasteiger charge is 2.30. The van der Waals surface area contributed by atoms with Gasteiger partial charge in [0, 0.05) is 18.6 Å². The van der Waals surface area contributed by atoms with Crippen LogP contribution in [-0.4, -0.2) is 36.6 Å². The van der Waals surface area contributed by atoms with Crippen molar-refractivity contribution in [2.45, 2.75) is 70.9 Å². The highest BCUT2D eigenvalue weighted by atomic mass is 15.2. The van der Waals surface area contributed by atoms with E-state index in [1.54, 1.807) is 0 Å². The molecule has 0 bridgehead atoms. The maximum Gasteiger partial charge on any atom is 0.0107 e. The average molecular weight is 238 g/mol. The molecule has 0 aromatic carbocycles. The van der Waals surface area contributed by atoms with Gasteiger partial charge in [0.1, 0.15) is 0 Å². The van der Waals surface area contributed by atoms with Gasteiger partial charge in [0.05, 0.1) is 0 Å². The van der Waals surface area contributed by atoms with Crippen molar-refractivity contribution in [3.63, 3.8) is 0 Å². The van der Waals surface area contributed by atoms with E-state index in [-0.39, 0.29) is 0 Å². The SMILES string of the molecule is CCNC1CCCCC1CN1CCCC1CC. The molecule has 1 aliphatic heterocycles. The van der Waals surface area contributed by atoms with Crippen molar-refractivity contribution >= 4 is 0 Å². The Kier molecular flexibility index (Phi) is 5.30. The molecule has 17 heavy (non-hydrogen) atoms. The minimum atomic E-state index is 0.798. The van der Waals surface area contributed by atoms with Crippen LogP contribution in [0.2, 0.25) is 0 Å². The van der Waals surface area contributed by atoms with Gasteiger partial charge in [-0.1, -0.05) is 26.7 Å². The van der Waals surface area contributed by atoms with E-state index in [4.69, 9.17) is 0 Å². The Bertz CT molecular complexity index is 215. The summed E-state index contributed by atoms with van der Waals surface area (Å²) in [7, 11) is 0. The lowest BCUT2D eigenvalue weighted by molar-refractivity contribution is 0.156. The Balaban J connectivity index is 1.86. The molecule has 0 spiro atoms. The Labute approximate surface area is 107 Å². The molecule has 1 N–H and O–H groups in total. The second kappa shape index (κ2) is 6.75. The second-order valence-corrected chi connectivity index (χ2v) is 5.91. The van der Waals surface area contributed by atoms with Crippen LogP contribution in [0, 0.1) is 5.92 Å². The number of likely N-dealkylation sites (tertiary alicyclic amines) is 1. The molecule has 0 radical (unpaired) electrons. The molecule has 2 heteroatoms. The zero-order valence-electron chi connectivity index (χ0n) is 11.8. The van der Waals surface area contributed by atoms with E-state index in [2.05, 4.69) is 24.1 Å². The number of nitrogens with zero attached hydrogens (tertiary/aromatic N) is 1. The quantitative estimate of drug-likeness (QED) is 0.792. The summed E-state index contributed by atoms with van der Waals surface area (Å²) in [5.41, 5.74) is 0. The summed E-state index contributed by atoms with van der Waals surface area (Å²) >= 11 is 0. The molecule has 3 unspecified atom stereocenters. The zero-order valence-corrected chi connectivity index (χ0v) is 11.8. The van der Waals surface area contributed by atoms with Crippen LogP contribution in [0.5, 0.6) is 0 Å². The lowest BCUT2D eigenvalue weighted by atomic mass is 9.84. The topological polar surface area (TPSA) is 15.3 Å². The fourth-order valence-electron chi connectivity index (χ4n) is 3.86. The summed E-state index contributed by atoms with van der Waals surface area (Å²) in [4.78, 5) is 2.78. The van der Waals surface area contributed by atoms with Crippen molar-refractivity contribution in [3.05, 3.63) is 0 Å². The van der Waals surface area contributed by atoms with Gasteiger partial charge in [0.25, 0.3) is 0 Å². The van der Waals surface area contributed by atoms with Crippen molar-refractivity contribution in [3.8, 4) is 0 Å². The molecular weight excluding hydrogens is 208 g/mol. The molecule has 1 heterocycles. The van der Waals surface area contributed by atoms with Crippen LogP contribution >= 0.6 is 0 Å². The first-order valence-corrected chi connectivity index (χ1v) is 7.82. The fourth-order valence-corrected chi connectivity index (χ4v) is 3.86. The Hall–Kier alpha value is -0.0800. The molecule has 2 nitrogen and oxygen atoms in total. The van der Waals surface area contributed by atoms with E-state index >= 15 is 0 Å². The largest absolute Gasteiger partial charge is 0.314 e. The third-order valence-corrected chi connectivity index (χ3v) is 4.81. The van der Waals surface area contributed by atoms with E-state index < -0.39 is 0 Å². The highest BCUT2D eigenvalue weighted by Crippen LogP contribution is 2.28. The molecule has 1 saturated heterocycles. The van der Waals surface area contributed by atoms with Crippen LogP contribution in [0.4, 0.5) is 0 Å². The predicted octanol–water partition coefficient (Wildman–Crippen LogP) is 3.03. The third-order valence-electron chi connectivity index (χ3n) is 4.81. The summed E-state index contributed by atoms with van der Waals surface area (Å²) < 4.78 is 0. The van der Waals surface area contributed by atoms with Crippen LogP contribution < -0.4 is 5.32 Å². The van der Waals surface area contributed by atoms with Crippen molar-refractivity contribution in [2.75, 3.05) is 19.6 Å². The van der Waals surface area contributed by atoms with Crippen LogP contribution in [0.25, 0.3) is 0 Å². The molecule has 2 fully saturated rings. The molecule has 0 amide bonds. The maximum absolute atomic E-state index is 3.71. The summed E-state index contributed by atoms with van der Waals surface area (Å²) in [6.45, 7) is 8.45. The monoisotopic (exact) mass is 238 g/mol. The van der Waals surface area contributed by atoms with Gasteiger partial charge in [0.2, 0.25) is 0 Å². The van der Waals surface area contributed by atoms with Crippen molar-refractivity contribution in [1.82, 2.24) is 10.2 Å². The van der Waals surface area contributed by atoms with Gasteiger partial charge >= 0.3 is 0 Å². The van der Waals surface area contributed by atoms with Crippen LogP contribution in [0.15, 0.2) is 0 Å². The highest BCUT2D eigenvalue weighted by molar-refractivity contribution is 4.86. The summed E-state index contributed by atoms with van der Waals surface area (Å²) in [5.74, 6) is 0.913.